The summed E-state index contributed by atoms with van der Waals surface area (Å²) in [6, 6.07) is 8.82. The third kappa shape index (κ3) is 3.34. The lowest BCUT2D eigenvalue weighted by Gasteiger charge is -2.26. The molecule has 2 atom stereocenters. The van der Waals surface area contributed by atoms with Crippen LogP contribution in [0.25, 0.3) is 0 Å². The molecule has 1 N–H and O–H groups in total. The van der Waals surface area contributed by atoms with Crippen molar-refractivity contribution < 1.29 is 24.1 Å². The topological polar surface area (TPSA) is 111 Å². The lowest BCUT2D eigenvalue weighted by molar-refractivity contribution is 0.0579. The van der Waals surface area contributed by atoms with Gasteiger partial charge in [0.05, 0.1) is 18.2 Å². The van der Waals surface area contributed by atoms with Crippen LogP contribution in [0.15, 0.2) is 29.1 Å². The van der Waals surface area contributed by atoms with Crippen LogP contribution in [-0.4, -0.2) is 40.9 Å². The Bertz CT molecular complexity index is 1060. The molecule has 0 radical (unpaired) electrons. The van der Waals surface area contributed by atoms with Gasteiger partial charge in [0.1, 0.15) is 18.2 Å². The summed E-state index contributed by atoms with van der Waals surface area (Å²) in [6.07, 6.45) is 0.336. The van der Waals surface area contributed by atoms with Crippen LogP contribution >= 0.6 is 0 Å². The molecule has 2 unspecified atom stereocenters. The molecule has 2 aliphatic rings. The summed E-state index contributed by atoms with van der Waals surface area (Å²) < 4.78 is 17.9. The van der Waals surface area contributed by atoms with Crippen LogP contribution < -0.4 is 15.0 Å². The van der Waals surface area contributed by atoms with Crippen LogP contribution in [0.3, 0.4) is 0 Å². The van der Waals surface area contributed by atoms with Gasteiger partial charge in [0.2, 0.25) is 11.7 Å². The van der Waals surface area contributed by atoms with E-state index < -0.39 is 23.3 Å². The summed E-state index contributed by atoms with van der Waals surface area (Å²) in [5.74, 6) is -0.0810. The molecular weight excluding hydrogens is 376 g/mol. The zero-order valence-electron chi connectivity index (χ0n) is 15.9. The fraction of sp³-hybridized carbons (Fsp3) is 0.381. The molecule has 1 aromatic carbocycles. The highest BCUT2D eigenvalue weighted by Crippen LogP contribution is 2.33. The second-order valence-corrected chi connectivity index (χ2v) is 7.09. The van der Waals surface area contributed by atoms with Crippen molar-refractivity contribution in [1.82, 2.24) is 4.57 Å². The third-order valence-corrected chi connectivity index (χ3v) is 5.26. The maximum Gasteiger partial charge on any atom is 0.271 e. The van der Waals surface area contributed by atoms with Crippen molar-refractivity contribution in [2.45, 2.75) is 38.5 Å². The molecule has 0 saturated carbocycles. The molecule has 2 aromatic rings. The average Bonchev–Trinajstić information content (AvgIpc) is 3.24. The van der Waals surface area contributed by atoms with Gasteiger partial charge in [-0.25, -0.2) is 0 Å². The fourth-order valence-electron chi connectivity index (χ4n) is 3.72. The van der Waals surface area contributed by atoms with Crippen LogP contribution in [0.1, 0.15) is 34.3 Å². The minimum absolute atomic E-state index is 0.0402. The van der Waals surface area contributed by atoms with E-state index in [1.807, 2.05) is 6.07 Å². The van der Waals surface area contributed by atoms with Crippen molar-refractivity contribution in [3.05, 3.63) is 51.3 Å². The summed E-state index contributed by atoms with van der Waals surface area (Å²) in [4.78, 5) is 25.9. The zero-order chi connectivity index (χ0) is 20.5. The smallest absolute Gasteiger partial charge is 0.271 e. The zero-order valence-corrected chi connectivity index (χ0v) is 15.9. The molecule has 150 valence electrons. The Kier molecular flexibility index (Phi) is 4.99. The Morgan fingerprint density at radius 3 is 2.79 bits per heavy atom. The van der Waals surface area contributed by atoms with Gasteiger partial charge in [0.25, 0.3) is 5.56 Å². The molecule has 0 aliphatic carbocycles. The highest BCUT2D eigenvalue weighted by atomic mass is 16.6. The van der Waals surface area contributed by atoms with E-state index >= 15 is 0 Å². The largest absolute Gasteiger partial charge is 0.494 e. The van der Waals surface area contributed by atoms with E-state index in [-0.39, 0.29) is 35.9 Å². The quantitative estimate of drug-likeness (QED) is 0.786. The average molecular weight is 396 g/mol. The number of nitrogens with zero attached hydrogens (tertiary/aromatic N) is 2. The first-order valence-electron chi connectivity index (χ1n) is 9.42. The third-order valence-electron chi connectivity index (χ3n) is 5.26. The minimum atomic E-state index is -1.00. The summed E-state index contributed by atoms with van der Waals surface area (Å²) in [6.45, 7) is 2.09. The Balaban J connectivity index is 1.74. The first kappa shape index (κ1) is 19.0. The molecule has 2 aliphatic heterocycles. The first-order valence-corrected chi connectivity index (χ1v) is 9.42. The number of nitriles is 1. The van der Waals surface area contributed by atoms with Gasteiger partial charge < -0.3 is 19.3 Å². The van der Waals surface area contributed by atoms with E-state index in [0.29, 0.717) is 18.1 Å². The predicted molar refractivity (Wildman–Crippen MR) is 101 cm³/mol. The molecule has 0 spiro atoms. The molecule has 0 bridgehead atoms. The van der Waals surface area contributed by atoms with Gasteiger partial charge in [-0.15, -0.1) is 0 Å². The molecule has 0 amide bonds. The molecule has 4 rings (SSSR count). The van der Waals surface area contributed by atoms with Gasteiger partial charge in [0, 0.05) is 6.61 Å². The van der Waals surface area contributed by atoms with Crippen molar-refractivity contribution in [1.29, 1.82) is 5.26 Å². The van der Waals surface area contributed by atoms with E-state index in [0.717, 1.165) is 17.4 Å². The minimum Gasteiger partial charge on any atom is -0.494 e. The number of para-hydroxylation sites is 2. The van der Waals surface area contributed by atoms with Crippen LogP contribution in [0.4, 0.5) is 0 Å². The van der Waals surface area contributed by atoms with E-state index in [9.17, 15) is 20.0 Å². The molecule has 8 heteroatoms. The Labute approximate surface area is 166 Å². The van der Waals surface area contributed by atoms with Gasteiger partial charge in [-0.1, -0.05) is 12.1 Å². The number of Topliss-reactive ketones (excluding diaryl/α,β-unsaturated/α-hetero) is 1. The highest BCUT2D eigenvalue weighted by Gasteiger charge is 2.34. The Morgan fingerprint density at radius 2 is 2.10 bits per heavy atom. The number of benzene rings is 1. The van der Waals surface area contributed by atoms with Crippen molar-refractivity contribution in [2.75, 3.05) is 13.2 Å². The van der Waals surface area contributed by atoms with Crippen molar-refractivity contribution in [2.24, 2.45) is 0 Å². The SMILES string of the molecule is Cc1c(C(=O)C2COc3ccccc3O2)c(O)n(CC2CCCO2)c(=O)c1C#N. The Morgan fingerprint density at radius 1 is 1.34 bits per heavy atom. The number of hydrogen-bond acceptors (Lipinski definition) is 7. The van der Waals surface area contributed by atoms with Gasteiger partial charge in [-0.05, 0) is 37.5 Å². The van der Waals surface area contributed by atoms with Gasteiger partial charge >= 0.3 is 0 Å². The van der Waals surface area contributed by atoms with Crippen LogP contribution in [0, 0.1) is 18.3 Å². The number of ether oxygens (including phenoxy) is 3. The predicted octanol–water partition coefficient (Wildman–Crippen LogP) is 1.94. The number of pyridine rings is 1. The molecule has 29 heavy (non-hydrogen) atoms. The van der Waals surface area contributed by atoms with Gasteiger partial charge in [-0.3, -0.25) is 14.2 Å². The van der Waals surface area contributed by atoms with E-state index in [2.05, 4.69) is 0 Å². The summed E-state index contributed by atoms with van der Waals surface area (Å²) in [5.41, 5.74) is -0.792. The lowest BCUT2D eigenvalue weighted by atomic mass is 9.98. The van der Waals surface area contributed by atoms with E-state index in [1.54, 1.807) is 24.3 Å². The number of ketones is 1. The van der Waals surface area contributed by atoms with Crippen molar-refractivity contribution in [3.8, 4) is 23.4 Å². The molecule has 8 nitrogen and oxygen atoms in total. The standard InChI is InChI=1S/C21H20N2O6/c1-12-14(9-22)20(25)23(10-13-5-4-8-27-13)21(26)18(12)19(24)17-11-28-15-6-2-3-7-16(15)29-17/h2-3,6-7,13,17,26H,4-5,8,10-11H2,1H3. The molecule has 1 fully saturated rings. The van der Waals surface area contributed by atoms with Gasteiger partial charge in [-0.2, -0.15) is 5.26 Å². The van der Waals surface area contributed by atoms with Gasteiger partial charge in [0.15, 0.2) is 17.6 Å². The molecular formula is C21H20N2O6. The second kappa shape index (κ2) is 7.60. The fourth-order valence-corrected chi connectivity index (χ4v) is 3.72. The Hall–Kier alpha value is -3.31. The maximum atomic E-state index is 13.2. The molecule has 1 saturated heterocycles. The van der Waals surface area contributed by atoms with E-state index in [1.165, 1.54) is 6.92 Å². The number of hydrogen-bond donors (Lipinski definition) is 1. The normalized spacial score (nSPS) is 20.3. The van der Waals surface area contributed by atoms with Crippen molar-refractivity contribution in [3.63, 3.8) is 0 Å². The molecule has 3 heterocycles. The number of carbonyl (C=O) groups excluding carboxylic acids is 1. The summed E-state index contributed by atoms with van der Waals surface area (Å²) in [5, 5.41) is 20.3. The van der Waals surface area contributed by atoms with Crippen LogP contribution in [0.2, 0.25) is 0 Å². The highest BCUT2D eigenvalue weighted by molar-refractivity contribution is 6.03. The number of fused-ring (bicyclic) bond motifs is 1. The second-order valence-electron chi connectivity index (χ2n) is 7.09. The van der Waals surface area contributed by atoms with Crippen LogP contribution in [-0.2, 0) is 11.3 Å². The summed E-state index contributed by atoms with van der Waals surface area (Å²) in [7, 11) is 0. The number of rotatable bonds is 4. The number of aromatic nitrogens is 1. The number of carbonyl (C=O) groups is 1. The molecule has 1 aromatic heterocycles. The number of aromatic hydroxyl groups is 1. The maximum absolute atomic E-state index is 13.2. The van der Waals surface area contributed by atoms with E-state index in [4.69, 9.17) is 14.2 Å². The first-order chi connectivity index (χ1) is 14.0. The van der Waals surface area contributed by atoms with Crippen molar-refractivity contribution >= 4 is 5.78 Å². The monoisotopic (exact) mass is 396 g/mol. The van der Waals surface area contributed by atoms with Crippen LogP contribution in [0.5, 0.6) is 17.4 Å². The lowest BCUT2D eigenvalue weighted by Crippen LogP contribution is -2.38. The summed E-state index contributed by atoms with van der Waals surface area (Å²) >= 11 is 0.